The number of halogens is 1. The fraction of sp³-hybridized carbons (Fsp3) is 0.368. The van der Waals surface area contributed by atoms with Crippen LogP contribution in [-0.4, -0.2) is 54.0 Å². The van der Waals surface area contributed by atoms with Gasteiger partial charge in [0.25, 0.3) is 0 Å². The molecule has 1 saturated heterocycles. The Labute approximate surface area is 171 Å². The summed E-state index contributed by atoms with van der Waals surface area (Å²) < 4.78 is 17.9. The van der Waals surface area contributed by atoms with Crippen molar-refractivity contribution >= 4 is 34.4 Å². The summed E-state index contributed by atoms with van der Waals surface area (Å²) in [6, 6.07) is 5.48. The van der Waals surface area contributed by atoms with Gasteiger partial charge < -0.3 is 15.0 Å². The van der Waals surface area contributed by atoms with Gasteiger partial charge in [-0.1, -0.05) is 23.5 Å². The molecule has 3 rings (SSSR count). The maximum atomic E-state index is 12.9. The van der Waals surface area contributed by atoms with Crippen molar-refractivity contribution in [1.82, 2.24) is 15.2 Å². The predicted molar refractivity (Wildman–Crippen MR) is 105 cm³/mol. The van der Waals surface area contributed by atoms with Crippen LogP contribution in [0.1, 0.15) is 27.9 Å². The molecule has 2 aromatic rings. The Kier molecular flexibility index (Phi) is 6.42. The Hall–Kier alpha value is -3.01. The second-order valence-electron chi connectivity index (χ2n) is 6.39. The van der Waals surface area contributed by atoms with Gasteiger partial charge in [0, 0.05) is 19.6 Å². The van der Waals surface area contributed by atoms with Gasteiger partial charge >= 0.3 is 12.0 Å². The first-order valence-corrected chi connectivity index (χ1v) is 9.92. The summed E-state index contributed by atoms with van der Waals surface area (Å²) in [5.74, 6) is -1.11. The summed E-state index contributed by atoms with van der Waals surface area (Å²) in [5, 5.41) is 3.12. The molecule has 0 radical (unpaired) electrons. The highest BCUT2D eigenvalue weighted by Gasteiger charge is 2.33. The zero-order valence-corrected chi connectivity index (χ0v) is 16.9. The molecule has 10 heteroatoms. The zero-order valence-electron chi connectivity index (χ0n) is 16.1. The fourth-order valence-electron chi connectivity index (χ4n) is 2.82. The van der Waals surface area contributed by atoms with E-state index >= 15 is 0 Å². The molecule has 0 unspecified atom stereocenters. The molecule has 0 spiro atoms. The summed E-state index contributed by atoms with van der Waals surface area (Å²) in [6.07, 6.45) is 0. The molecule has 1 N–H and O–H groups in total. The molecule has 8 nitrogen and oxygen atoms in total. The van der Waals surface area contributed by atoms with Crippen LogP contribution in [0.5, 0.6) is 0 Å². The van der Waals surface area contributed by atoms with E-state index in [9.17, 15) is 18.8 Å². The van der Waals surface area contributed by atoms with Crippen LogP contribution in [0.4, 0.5) is 14.3 Å². The number of carbonyl (C=O) groups is 3. The highest BCUT2D eigenvalue weighted by atomic mass is 32.1. The molecule has 154 valence electrons. The van der Waals surface area contributed by atoms with Crippen molar-refractivity contribution in [3.05, 3.63) is 46.2 Å². The first-order chi connectivity index (χ1) is 13.9. The molecule has 0 atom stereocenters. The van der Waals surface area contributed by atoms with Crippen LogP contribution >= 0.6 is 11.3 Å². The molecule has 1 fully saturated rings. The molecule has 1 aliphatic heterocycles. The van der Waals surface area contributed by atoms with E-state index in [-0.39, 0.29) is 37.5 Å². The molecule has 29 heavy (non-hydrogen) atoms. The Morgan fingerprint density at radius 1 is 1.28 bits per heavy atom. The summed E-state index contributed by atoms with van der Waals surface area (Å²) >= 11 is 1.10. The van der Waals surface area contributed by atoms with Crippen molar-refractivity contribution in [1.29, 1.82) is 0 Å². The van der Waals surface area contributed by atoms with Crippen LogP contribution in [0.25, 0.3) is 0 Å². The van der Waals surface area contributed by atoms with Crippen LogP contribution in [0.15, 0.2) is 24.3 Å². The zero-order chi connectivity index (χ0) is 21.0. The fourth-order valence-corrected chi connectivity index (χ4v) is 3.80. The van der Waals surface area contributed by atoms with E-state index in [0.717, 1.165) is 16.9 Å². The number of anilines is 1. The number of esters is 1. The number of nitrogens with zero attached hydrogens (tertiary/aromatic N) is 3. The number of aromatic nitrogens is 1. The minimum absolute atomic E-state index is 0.0916. The van der Waals surface area contributed by atoms with Gasteiger partial charge in [0.05, 0.1) is 12.3 Å². The van der Waals surface area contributed by atoms with Crippen LogP contribution in [-0.2, 0) is 16.1 Å². The van der Waals surface area contributed by atoms with E-state index in [1.165, 1.54) is 21.9 Å². The smallest absolute Gasteiger partial charge is 0.350 e. The van der Waals surface area contributed by atoms with E-state index in [1.807, 2.05) is 0 Å². The number of urea groups is 1. The van der Waals surface area contributed by atoms with Gasteiger partial charge in [0.1, 0.15) is 17.2 Å². The Morgan fingerprint density at radius 3 is 2.69 bits per heavy atom. The lowest BCUT2D eigenvalue weighted by Crippen LogP contribution is -2.39. The topological polar surface area (TPSA) is 91.8 Å². The van der Waals surface area contributed by atoms with Crippen molar-refractivity contribution in [3.63, 3.8) is 0 Å². The number of benzene rings is 1. The van der Waals surface area contributed by atoms with Gasteiger partial charge in [-0.15, -0.1) is 0 Å². The highest BCUT2D eigenvalue weighted by molar-refractivity contribution is 7.17. The number of thiazole rings is 1. The quantitative estimate of drug-likeness (QED) is 0.694. The first-order valence-electron chi connectivity index (χ1n) is 9.11. The van der Waals surface area contributed by atoms with Crippen molar-refractivity contribution < 1.29 is 23.5 Å². The number of aryl methyl sites for hydroxylation is 1. The van der Waals surface area contributed by atoms with E-state index in [1.54, 1.807) is 26.0 Å². The third-order valence-electron chi connectivity index (χ3n) is 4.31. The lowest BCUT2D eigenvalue weighted by Gasteiger charge is -2.16. The Bertz CT molecular complexity index is 915. The SMILES string of the molecule is CCOC(=O)c1sc(N2CCN(CC(=O)NCc3ccc(F)cc3)C2=O)nc1C. The number of carbonyl (C=O) groups excluding carboxylic acids is 3. The second kappa shape index (κ2) is 8.99. The van der Waals surface area contributed by atoms with Gasteiger partial charge in [-0.05, 0) is 31.5 Å². The molecular formula is C19H21FN4O4S. The molecule has 3 amide bonds. The van der Waals surface area contributed by atoms with E-state index in [2.05, 4.69) is 10.3 Å². The normalized spacial score (nSPS) is 13.7. The molecule has 0 aliphatic carbocycles. The average Bonchev–Trinajstić information content (AvgIpc) is 3.24. The van der Waals surface area contributed by atoms with Gasteiger partial charge in [-0.3, -0.25) is 9.69 Å². The lowest BCUT2D eigenvalue weighted by atomic mass is 10.2. The standard InChI is InChI=1S/C19H21FN4O4S/c1-3-28-17(26)16-12(2)22-18(29-16)24-9-8-23(19(24)27)11-15(25)21-10-13-4-6-14(20)7-5-13/h4-7H,3,8-11H2,1-2H3,(H,21,25). The number of hydrogen-bond acceptors (Lipinski definition) is 6. The summed E-state index contributed by atoms with van der Waals surface area (Å²) in [7, 11) is 0. The first kappa shape index (κ1) is 20.7. The van der Waals surface area contributed by atoms with Crippen LogP contribution in [0.2, 0.25) is 0 Å². The number of ether oxygens (including phenoxy) is 1. The van der Waals surface area contributed by atoms with Gasteiger partial charge in [0.2, 0.25) is 5.91 Å². The monoisotopic (exact) mass is 420 g/mol. The van der Waals surface area contributed by atoms with Gasteiger partial charge in [-0.2, -0.15) is 0 Å². The van der Waals surface area contributed by atoms with Crippen molar-refractivity contribution in [2.45, 2.75) is 20.4 Å². The lowest BCUT2D eigenvalue weighted by molar-refractivity contribution is -0.121. The van der Waals surface area contributed by atoms with Crippen LogP contribution in [0, 0.1) is 12.7 Å². The molecule has 2 heterocycles. The minimum atomic E-state index is -0.461. The van der Waals surface area contributed by atoms with Crippen molar-refractivity contribution in [2.24, 2.45) is 0 Å². The maximum absolute atomic E-state index is 12.9. The molecular weight excluding hydrogens is 399 g/mol. The molecule has 1 aliphatic rings. The number of rotatable bonds is 7. The summed E-state index contributed by atoms with van der Waals surface area (Å²) in [6.45, 7) is 4.57. The number of nitrogens with one attached hydrogen (secondary N) is 1. The van der Waals surface area contributed by atoms with Crippen LogP contribution < -0.4 is 10.2 Å². The second-order valence-corrected chi connectivity index (χ2v) is 7.37. The van der Waals surface area contributed by atoms with Gasteiger partial charge in [0.15, 0.2) is 5.13 Å². The summed E-state index contributed by atoms with van der Waals surface area (Å²) in [5.41, 5.74) is 1.27. The van der Waals surface area contributed by atoms with E-state index in [4.69, 9.17) is 4.74 Å². The van der Waals surface area contributed by atoms with Crippen molar-refractivity contribution in [3.8, 4) is 0 Å². The van der Waals surface area contributed by atoms with E-state index < -0.39 is 5.97 Å². The van der Waals surface area contributed by atoms with Crippen molar-refractivity contribution in [2.75, 3.05) is 31.1 Å². The van der Waals surface area contributed by atoms with Crippen LogP contribution in [0.3, 0.4) is 0 Å². The Balaban J connectivity index is 1.57. The van der Waals surface area contributed by atoms with E-state index in [0.29, 0.717) is 28.8 Å². The average molecular weight is 420 g/mol. The third-order valence-corrected chi connectivity index (χ3v) is 5.47. The molecule has 0 bridgehead atoms. The molecule has 0 saturated carbocycles. The summed E-state index contributed by atoms with van der Waals surface area (Å²) in [4.78, 5) is 44.3. The number of hydrogen-bond donors (Lipinski definition) is 1. The largest absolute Gasteiger partial charge is 0.462 e. The minimum Gasteiger partial charge on any atom is -0.462 e. The third kappa shape index (κ3) is 4.89. The number of amides is 3. The van der Waals surface area contributed by atoms with Gasteiger partial charge in [-0.25, -0.2) is 19.0 Å². The molecule has 1 aromatic carbocycles. The molecule has 1 aromatic heterocycles. The Morgan fingerprint density at radius 2 is 2.00 bits per heavy atom. The highest BCUT2D eigenvalue weighted by Crippen LogP contribution is 2.29. The predicted octanol–water partition coefficient (Wildman–Crippen LogP) is 2.33. The maximum Gasteiger partial charge on any atom is 0.350 e.